The maximum Gasteiger partial charge on any atom is 0.191 e. The van der Waals surface area contributed by atoms with Crippen LogP contribution in [0.25, 0.3) is 5.69 Å². The summed E-state index contributed by atoms with van der Waals surface area (Å²) in [5, 5.41) is 11.7. The zero-order valence-corrected chi connectivity index (χ0v) is 15.5. The molecule has 0 saturated heterocycles. The summed E-state index contributed by atoms with van der Waals surface area (Å²) >= 11 is 0. The maximum absolute atomic E-state index is 4.72. The molecule has 1 aromatic heterocycles. The van der Waals surface area contributed by atoms with Crippen molar-refractivity contribution in [1.82, 2.24) is 20.4 Å². The molecule has 134 valence electrons. The van der Waals surface area contributed by atoms with Gasteiger partial charge in [-0.25, -0.2) is 4.68 Å². The Bertz CT molecular complexity index is 711. The Balaban J connectivity index is 1.67. The minimum Gasteiger partial charge on any atom is -0.354 e. The van der Waals surface area contributed by atoms with Gasteiger partial charge in [0.25, 0.3) is 0 Å². The quantitative estimate of drug-likeness (QED) is 0.662. The predicted octanol–water partition coefficient (Wildman–Crippen LogP) is 3.49. The highest BCUT2D eigenvalue weighted by Gasteiger charge is 2.16. The number of aryl methyl sites for hydroxylation is 1. The van der Waals surface area contributed by atoms with Crippen molar-refractivity contribution in [2.45, 2.75) is 58.5 Å². The molecule has 5 nitrogen and oxygen atoms in total. The van der Waals surface area contributed by atoms with Gasteiger partial charge in [0.1, 0.15) is 0 Å². The Kier molecular flexibility index (Phi) is 5.74. The van der Waals surface area contributed by atoms with Crippen molar-refractivity contribution < 1.29 is 0 Å². The lowest BCUT2D eigenvalue weighted by atomic mass is 9.96. The first kappa shape index (κ1) is 17.5. The standard InChI is InChI=1S/C20H29N5/c1-15-19(16(2)25(24-15)18-12-8-5-9-13-18)14-22-20(21-3)23-17-10-6-4-7-11-17/h5,8-9,12-13,17H,4,6-7,10-11,14H2,1-3H3,(H2,21,22,23). The molecule has 1 heterocycles. The molecule has 3 rings (SSSR count). The highest BCUT2D eigenvalue weighted by Crippen LogP contribution is 2.19. The minimum absolute atomic E-state index is 0.550. The zero-order valence-electron chi connectivity index (χ0n) is 15.5. The van der Waals surface area contributed by atoms with Crippen molar-refractivity contribution in [3.8, 4) is 5.69 Å². The second-order valence-electron chi connectivity index (χ2n) is 6.80. The Morgan fingerprint density at radius 1 is 1.16 bits per heavy atom. The van der Waals surface area contributed by atoms with Crippen molar-refractivity contribution >= 4 is 5.96 Å². The SMILES string of the molecule is CN=C(NCc1c(C)nn(-c2ccccc2)c1C)NC1CCCCC1. The molecule has 0 radical (unpaired) electrons. The van der Waals surface area contributed by atoms with Crippen LogP contribution in [0.1, 0.15) is 49.1 Å². The highest BCUT2D eigenvalue weighted by atomic mass is 15.3. The summed E-state index contributed by atoms with van der Waals surface area (Å²) in [6.45, 7) is 4.93. The van der Waals surface area contributed by atoms with Gasteiger partial charge < -0.3 is 10.6 Å². The molecular formula is C20H29N5. The van der Waals surface area contributed by atoms with Crippen LogP contribution in [0.15, 0.2) is 35.3 Å². The summed E-state index contributed by atoms with van der Waals surface area (Å²) in [4.78, 5) is 4.39. The summed E-state index contributed by atoms with van der Waals surface area (Å²) in [6.07, 6.45) is 6.48. The molecule has 0 atom stereocenters. The number of guanidine groups is 1. The van der Waals surface area contributed by atoms with E-state index in [9.17, 15) is 0 Å². The smallest absolute Gasteiger partial charge is 0.191 e. The molecule has 1 aliphatic rings. The van der Waals surface area contributed by atoms with E-state index in [4.69, 9.17) is 5.10 Å². The highest BCUT2D eigenvalue weighted by molar-refractivity contribution is 5.80. The van der Waals surface area contributed by atoms with Crippen LogP contribution in [0.3, 0.4) is 0 Å². The Hall–Kier alpha value is -2.30. The molecule has 0 spiro atoms. The van der Waals surface area contributed by atoms with E-state index in [2.05, 4.69) is 41.6 Å². The minimum atomic E-state index is 0.550. The first-order valence-corrected chi connectivity index (χ1v) is 9.26. The number of benzene rings is 1. The largest absolute Gasteiger partial charge is 0.354 e. The molecule has 25 heavy (non-hydrogen) atoms. The topological polar surface area (TPSA) is 54.2 Å². The van der Waals surface area contributed by atoms with Crippen molar-refractivity contribution in [2.75, 3.05) is 7.05 Å². The first-order valence-electron chi connectivity index (χ1n) is 9.26. The van der Waals surface area contributed by atoms with Crippen molar-refractivity contribution in [1.29, 1.82) is 0 Å². The van der Waals surface area contributed by atoms with E-state index in [1.165, 1.54) is 43.4 Å². The van der Waals surface area contributed by atoms with Gasteiger partial charge in [-0.2, -0.15) is 5.10 Å². The number of hydrogen-bond acceptors (Lipinski definition) is 2. The number of hydrogen-bond donors (Lipinski definition) is 2. The van der Waals surface area contributed by atoms with Gasteiger partial charge in [0.05, 0.1) is 11.4 Å². The van der Waals surface area contributed by atoms with Gasteiger partial charge in [-0.15, -0.1) is 0 Å². The third-order valence-electron chi connectivity index (χ3n) is 5.04. The fraction of sp³-hybridized carbons (Fsp3) is 0.500. The van der Waals surface area contributed by atoms with Crippen LogP contribution < -0.4 is 10.6 Å². The van der Waals surface area contributed by atoms with Crippen molar-refractivity contribution in [3.63, 3.8) is 0 Å². The van der Waals surface area contributed by atoms with Crippen LogP contribution in [0.5, 0.6) is 0 Å². The van der Waals surface area contributed by atoms with E-state index in [1.54, 1.807) is 0 Å². The summed E-state index contributed by atoms with van der Waals surface area (Å²) in [6, 6.07) is 10.8. The maximum atomic E-state index is 4.72. The van der Waals surface area contributed by atoms with E-state index in [-0.39, 0.29) is 0 Å². The van der Waals surface area contributed by atoms with E-state index in [0.717, 1.165) is 23.9 Å². The molecule has 0 bridgehead atoms. The van der Waals surface area contributed by atoms with Gasteiger partial charge >= 0.3 is 0 Å². The summed E-state index contributed by atoms with van der Waals surface area (Å²) in [7, 11) is 1.84. The molecule has 1 saturated carbocycles. The van der Waals surface area contributed by atoms with Crippen LogP contribution in [-0.2, 0) is 6.54 Å². The Morgan fingerprint density at radius 3 is 2.56 bits per heavy atom. The molecule has 0 aliphatic heterocycles. The van der Waals surface area contributed by atoms with Crippen LogP contribution in [0.4, 0.5) is 0 Å². The van der Waals surface area contributed by atoms with Gasteiger partial charge in [-0.3, -0.25) is 4.99 Å². The summed E-state index contributed by atoms with van der Waals surface area (Å²) in [5.41, 5.74) is 4.56. The zero-order chi connectivity index (χ0) is 17.6. The normalized spacial score (nSPS) is 16.0. The second kappa shape index (κ2) is 8.19. The molecule has 1 fully saturated rings. The molecule has 1 aromatic carbocycles. The average Bonchev–Trinajstić information content (AvgIpc) is 2.94. The van der Waals surface area contributed by atoms with Crippen molar-refractivity contribution in [2.24, 2.45) is 4.99 Å². The van der Waals surface area contributed by atoms with Gasteiger partial charge in [-0.1, -0.05) is 37.5 Å². The number of para-hydroxylation sites is 1. The van der Waals surface area contributed by atoms with Crippen LogP contribution in [0, 0.1) is 13.8 Å². The molecular weight excluding hydrogens is 310 g/mol. The van der Waals surface area contributed by atoms with E-state index in [1.807, 2.05) is 29.9 Å². The first-order chi connectivity index (χ1) is 12.2. The monoisotopic (exact) mass is 339 g/mol. The molecule has 5 heteroatoms. The van der Waals surface area contributed by atoms with Gasteiger partial charge in [0.2, 0.25) is 0 Å². The van der Waals surface area contributed by atoms with Crippen LogP contribution in [0.2, 0.25) is 0 Å². The lowest BCUT2D eigenvalue weighted by Crippen LogP contribution is -2.43. The Morgan fingerprint density at radius 2 is 1.88 bits per heavy atom. The van der Waals surface area contributed by atoms with Gasteiger partial charge in [0.15, 0.2) is 5.96 Å². The molecule has 2 aromatic rings. The number of aliphatic imine (C=N–C) groups is 1. The van der Waals surface area contributed by atoms with Crippen molar-refractivity contribution in [3.05, 3.63) is 47.3 Å². The van der Waals surface area contributed by atoms with E-state index < -0.39 is 0 Å². The molecule has 2 N–H and O–H groups in total. The second-order valence-corrected chi connectivity index (χ2v) is 6.80. The summed E-state index contributed by atoms with van der Waals surface area (Å²) in [5.74, 6) is 0.887. The Labute approximate surface area is 150 Å². The predicted molar refractivity (Wildman–Crippen MR) is 103 cm³/mol. The lowest BCUT2D eigenvalue weighted by Gasteiger charge is -2.24. The van der Waals surface area contributed by atoms with Crippen LogP contribution in [-0.4, -0.2) is 28.8 Å². The fourth-order valence-corrected chi connectivity index (χ4v) is 3.56. The number of aromatic nitrogens is 2. The van der Waals surface area contributed by atoms with Gasteiger partial charge in [0, 0.05) is 30.9 Å². The fourth-order valence-electron chi connectivity index (χ4n) is 3.56. The number of nitrogens with zero attached hydrogens (tertiary/aromatic N) is 3. The number of rotatable bonds is 4. The van der Waals surface area contributed by atoms with Gasteiger partial charge in [-0.05, 0) is 38.8 Å². The average molecular weight is 339 g/mol. The van der Waals surface area contributed by atoms with Crippen LogP contribution >= 0.6 is 0 Å². The third-order valence-corrected chi connectivity index (χ3v) is 5.04. The van der Waals surface area contributed by atoms with E-state index >= 15 is 0 Å². The third kappa shape index (κ3) is 4.21. The number of nitrogens with one attached hydrogen (secondary N) is 2. The van der Waals surface area contributed by atoms with E-state index in [0.29, 0.717) is 6.04 Å². The lowest BCUT2D eigenvalue weighted by molar-refractivity contribution is 0.410. The summed E-state index contributed by atoms with van der Waals surface area (Å²) < 4.78 is 2.02. The molecule has 0 amide bonds. The molecule has 1 aliphatic carbocycles. The molecule has 0 unspecified atom stereocenters.